The van der Waals surface area contributed by atoms with Gasteiger partial charge in [0.1, 0.15) is 6.61 Å². The van der Waals surface area contributed by atoms with Gasteiger partial charge in [-0.25, -0.2) is 0 Å². The number of nitriles is 1. The molecule has 1 atom stereocenters. The average Bonchev–Trinajstić information content (AvgIpc) is 2.39. The van der Waals surface area contributed by atoms with Gasteiger partial charge in [-0.05, 0) is 30.5 Å². The number of carbonyl (C=O) groups is 1. The maximum atomic E-state index is 11.6. The van der Waals surface area contributed by atoms with Gasteiger partial charge in [0.05, 0.1) is 11.6 Å². The van der Waals surface area contributed by atoms with Gasteiger partial charge in [-0.1, -0.05) is 26.3 Å². The molecule has 1 N–H and O–H groups in total. The van der Waals surface area contributed by atoms with E-state index in [2.05, 4.69) is 19.2 Å². The molecular formula is C15H20N2O2. The summed E-state index contributed by atoms with van der Waals surface area (Å²) >= 11 is 0. The lowest BCUT2D eigenvalue weighted by atomic mass is 10.1. The Kier molecular flexibility index (Phi) is 6.62. The first-order valence-electron chi connectivity index (χ1n) is 6.53. The lowest BCUT2D eigenvalue weighted by molar-refractivity contribution is -0.121. The first-order chi connectivity index (χ1) is 9.15. The van der Waals surface area contributed by atoms with Crippen LogP contribution in [0, 0.1) is 17.2 Å². The number of hydrogen-bond donors (Lipinski definition) is 1. The third kappa shape index (κ3) is 6.03. The summed E-state index contributed by atoms with van der Waals surface area (Å²) in [6.07, 6.45) is 2.23. The Morgan fingerprint density at radius 3 is 3.00 bits per heavy atom. The van der Waals surface area contributed by atoms with Crippen molar-refractivity contribution in [2.75, 3.05) is 18.5 Å². The van der Waals surface area contributed by atoms with Crippen LogP contribution in [0.4, 0.5) is 5.69 Å². The summed E-state index contributed by atoms with van der Waals surface area (Å²) in [5, 5.41) is 11.5. The number of anilines is 1. The molecule has 0 radical (unpaired) electrons. The highest BCUT2D eigenvalue weighted by atomic mass is 16.5. The molecule has 1 rings (SSSR count). The molecule has 1 unspecified atom stereocenters. The van der Waals surface area contributed by atoms with Crippen LogP contribution in [0.2, 0.25) is 0 Å². The van der Waals surface area contributed by atoms with Crippen LogP contribution in [0.1, 0.15) is 32.3 Å². The molecule has 4 heteroatoms. The van der Waals surface area contributed by atoms with Gasteiger partial charge in [0.15, 0.2) is 0 Å². The second-order valence-corrected chi connectivity index (χ2v) is 4.65. The van der Waals surface area contributed by atoms with Gasteiger partial charge >= 0.3 is 0 Å². The number of amides is 1. The SMILES string of the molecule is CCCC(C)COCC(=O)Nc1cccc(C#N)c1. The molecule has 0 saturated carbocycles. The van der Waals surface area contributed by atoms with Crippen LogP contribution in [0.25, 0.3) is 0 Å². The van der Waals surface area contributed by atoms with Crippen molar-refractivity contribution in [3.05, 3.63) is 29.8 Å². The van der Waals surface area contributed by atoms with Crippen LogP contribution in [0.3, 0.4) is 0 Å². The predicted octanol–water partition coefficient (Wildman–Crippen LogP) is 2.95. The van der Waals surface area contributed by atoms with Crippen molar-refractivity contribution in [3.63, 3.8) is 0 Å². The smallest absolute Gasteiger partial charge is 0.250 e. The summed E-state index contributed by atoms with van der Waals surface area (Å²) in [6.45, 7) is 4.88. The van der Waals surface area contributed by atoms with E-state index < -0.39 is 0 Å². The number of nitrogens with one attached hydrogen (secondary N) is 1. The highest BCUT2D eigenvalue weighted by molar-refractivity contribution is 5.91. The topological polar surface area (TPSA) is 62.1 Å². The average molecular weight is 260 g/mol. The highest BCUT2D eigenvalue weighted by Gasteiger charge is 2.05. The van der Waals surface area contributed by atoms with Crippen molar-refractivity contribution in [3.8, 4) is 6.07 Å². The molecule has 0 aliphatic rings. The Hall–Kier alpha value is -1.86. The van der Waals surface area contributed by atoms with E-state index in [4.69, 9.17) is 10.00 Å². The van der Waals surface area contributed by atoms with Crippen LogP contribution in [-0.4, -0.2) is 19.1 Å². The Morgan fingerprint density at radius 1 is 1.53 bits per heavy atom. The van der Waals surface area contributed by atoms with Gasteiger partial charge in [-0.3, -0.25) is 4.79 Å². The van der Waals surface area contributed by atoms with Crippen LogP contribution < -0.4 is 5.32 Å². The molecule has 0 aromatic heterocycles. The van der Waals surface area contributed by atoms with Crippen molar-refractivity contribution in [1.82, 2.24) is 0 Å². The Bertz CT molecular complexity index is 452. The zero-order chi connectivity index (χ0) is 14.1. The fraction of sp³-hybridized carbons (Fsp3) is 0.467. The number of carbonyl (C=O) groups excluding carboxylic acids is 1. The van der Waals surface area contributed by atoms with Crippen LogP contribution in [0.5, 0.6) is 0 Å². The van der Waals surface area contributed by atoms with Gasteiger partial charge in [-0.2, -0.15) is 5.26 Å². The molecule has 1 aromatic rings. The van der Waals surface area contributed by atoms with E-state index >= 15 is 0 Å². The largest absolute Gasteiger partial charge is 0.371 e. The van der Waals surface area contributed by atoms with E-state index in [0.717, 1.165) is 12.8 Å². The minimum absolute atomic E-state index is 0.0465. The number of rotatable bonds is 7. The van der Waals surface area contributed by atoms with E-state index in [-0.39, 0.29) is 12.5 Å². The van der Waals surface area contributed by atoms with E-state index in [1.807, 2.05) is 6.07 Å². The summed E-state index contributed by atoms with van der Waals surface area (Å²) in [4.78, 5) is 11.6. The minimum Gasteiger partial charge on any atom is -0.371 e. The Balaban J connectivity index is 2.33. The molecule has 0 heterocycles. The van der Waals surface area contributed by atoms with Gasteiger partial charge in [-0.15, -0.1) is 0 Å². The van der Waals surface area contributed by atoms with E-state index in [1.54, 1.807) is 24.3 Å². The van der Waals surface area contributed by atoms with E-state index in [0.29, 0.717) is 23.8 Å². The highest BCUT2D eigenvalue weighted by Crippen LogP contribution is 2.10. The molecule has 0 aliphatic carbocycles. The fourth-order valence-corrected chi connectivity index (χ4v) is 1.79. The van der Waals surface area contributed by atoms with Crippen molar-refractivity contribution in [2.24, 2.45) is 5.92 Å². The van der Waals surface area contributed by atoms with Crippen molar-refractivity contribution >= 4 is 11.6 Å². The van der Waals surface area contributed by atoms with Crippen LogP contribution in [0.15, 0.2) is 24.3 Å². The summed E-state index contributed by atoms with van der Waals surface area (Å²) in [7, 11) is 0. The number of nitrogens with zero attached hydrogens (tertiary/aromatic N) is 1. The standard InChI is InChI=1S/C15H20N2O2/c1-3-5-12(2)10-19-11-15(18)17-14-7-4-6-13(8-14)9-16/h4,6-8,12H,3,5,10-11H2,1-2H3,(H,17,18). The van der Waals surface area contributed by atoms with E-state index in [9.17, 15) is 4.79 Å². The number of benzene rings is 1. The van der Waals surface area contributed by atoms with Gasteiger partial charge in [0.25, 0.3) is 0 Å². The van der Waals surface area contributed by atoms with Crippen molar-refractivity contribution in [1.29, 1.82) is 5.26 Å². The third-order valence-corrected chi connectivity index (χ3v) is 2.69. The van der Waals surface area contributed by atoms with Crippen molar-refractivity contribution in [2.45, 2.75) is 26.7 Å². The lowest BCUT2D eigenvalue weighted by Gasteiger charge is -2.10. The zero-order valence-corrected chi connectivity index (χ0v) is 11.5. The van der Waals surface area contributed by atoms with Gasteiger partial charge in [0.2, 0.25) is 5.91 Å². The van der Waals surface area contributed by atoms with Gasteiger partial charge in [0, 0.05) is 12.3 Å². The molecule has 0 spiro atoms. The summed E-state index contributed by atoms with van der Waals surface area (Å²) in [6, 6.07) is 8.84. The second-order valence-electron chi connectivity index (χ2n) is 4.65. The molecule has 1 amide bonds. The molecule has 1 aromatic carbocycles. The number of ether oxygens (including phenoxy) is 1. The van der Waals surface area contributed by atoms with Gasteiger partial charge < -0.3 is 10.1 Å². The normalized spacial score (nSPS) is 11.6. The Morgan fingerprint density at radius 2 is 2.32 bits per heavy atom. The molecule has 4 nitrogen and oxygen atoms in total. The van der Waals surface area contributed by atoms with E-state index in [1.165, 1.54) is 0 Å². The molecule has 0 fully saturated rings. The fourth-order valence-electron chi connectivity index (χ4n) is 1.79. The summed E-state index contributed by atoms with van der Waals surface area (Å²) < 4.78 is 5.36. The molecule has 0 bridgehead atoms. The quantitative estimate of drug-likeness (QED) is 0.819. The molecule has 0 saturated heterocycles. The lowest BCUT2D eigenvalue weighted by Crippen LogP contribution is -2.20. The second kappa shape index (κ2) is 8.28. The predicted molar refractivity (Wildman–Crippen MR) is 74.7 cm³/mol. The van der Waals surface area contributed by atoms with Crippen LogP contribution in [-0.2, 0) is 9.53 Å². The van der Waals surface area contributed by atoms with Crippen molar-refractivity contribution < 1.29 is 9.53 Å². The Labute approximate surface area is 114 Å². The maximum Gasteiger partial charge on any atom is 0.250 e. The summed E-state index contributed by atoms with van der Waals surface area (Å²) in [5.74, 6) is 0.276. The molecule has 19 heavy (non-hydrogen) atoms. The third-order valence-electron chi connectivity index (χ3n) is 2.69. The monoisotopic (exact) mass is 260 g/mol. The van der Waals surface area contributed by atoms with Crippen LogP contribution >= 0.6 is 0 Å². The first-order valence-corrected chi connectivity index (χ1v) is 6.53. The molecule has 0 aliphatic heterocycles. The first kappa shape index (κ1) is 15.2. The zero-order valence-electron chi connectivity index (χ0n) is 11.5. The summed E-state index contributed by atoms with van der Waals surface area (Å²) in [5.41, 5.74) is 1.14. The minimum atomic E-state index is -0.196. The molecule has 102 valence electrons. The maximum absolute atomic E-state index is 11.6. The molecular weight excluding hydrogens is 240 g/mol. The number of hydrogen-bond acceptors (Lipinski definition) is 3.